The van der Waals surface area contributed by atoms with E-state index < -0.39 is 5.91 Å². The molecule has 0 fully saturated rings. The molecule has 6 heteroatoms. The van der Waals surface area contributed by atoms with Crippen molar-refractivity contribution in [1.29, 1.82) is 0 Å². The first-order valence-corrected chi connectivity index (χ1v) is 7.43. The van der Waals surface area contributed by atoms with E-state index in [1.165, 1.54) is 11.6 Å². The Morgan fingerprint density at radius 1 is 1.17 bits per heavy atom. The van der Waals surface area contributed by atoms with Gasteiger partial charge in [0.1, 0.15) is 0 Å². The van der Waals surface area contributed by atoms with Crippen LogP contribution in [0.25, 0.3) is 10.9 Å². The number of halogens is 1. The first-order valence-electron chi connectivity index (χ1n) is 7.05. The van der Waals surface area contributed by atoms with Gasteiger partial charge in [0, 0.05) is 18.6 Å². The van der Waals surface area contributed by atoms with Crippen LogP contribution in [0.4, 0.5) is 0 Å². The minimum absolute atomic E-state index is 0.0701. The summed E-state index contributed by atoms with van der Waals surface area (Å²) in [7, 11) is 1.53. The average Bonchev–Trinajstić information content (AvgIpc) is 2.57. The number of benzene rings is 2. The fourth-order valence-electron chi connectivity index (χ4n) is 2.32. The largest absolute Gasteiger partial charge is 0.345 e. The monoisotopic (exact) mass is 327 g/mol. The van der Waals surface area contributed by atoms with E-state index in [9.17, 15) is 9.59 Å². The molecule has 0 aliphatic carbocycles. The van der Waals surface area contributed by atoms with Gasteiger partial charge in [-0.1, -0.05) is 41.9 Å². The van der Waals surface area contributed by atoms with Gasteiger partial charge in [-0.15, -0.1) is 0 Å². The highest BCUT2D eigenvalue weighted by Gasteiger charge is 2.15. The van der Waals surface area contributed by atoms with Crippen LogP contribution < -0.4 is 10.9 Å². The highest BCUT2D eigenvalue weighted by Crippen LogP contribution is 2.14. The average molecular weight is 328 g/mol. The summed E-state index contributed by atoms with van der Waals surface area (Å²) in [4.78, 5) is 29.0. The Balaban J connectivity index is 1.91. The van der Waals surface area contributed by atoms with Gasteiger partial charge >= 0.3 is 0 Å². The van der Waals surface area contributed by atoms with Gasteiger partial charge in [-0.25, -0.2) is 4.98 Å². The minimum Gasteiger partial charge on any atom is -0.345 e. The van der Waals surface area contributed by atoms with Crippen LogP contribution in [0, 0.1) is 0 Å². The first-order chi connectivity index (χ1) is 11.1. The second-order valence-electron chi connectivity index (χ2n) is 5.09. The number of nitrogens with one attached hydrogen (secondary N) is 1. The van der Waals surface area contributed by atoms with Crippen molar-refractivity contribution < 1.29 is 4.79 Å². The Hall–Kier alpha value is -2.66. The molecular weight excluding hydrogens is 314 g/mol. The van der Waals surface area contributed by atoms with E-state index in [1.54, 1.807) is 30.3 Å². The smallest absolute Gasteiger partial charge is 0.287 e. The van der Waals surface area contributed by atoms with Gasteiger partial charge in [-0.2, -0.15) is 0 Å². The summed E-state index contributed by atoms with van der Waals surface area (Å²) in [5.41, 5.74) is 1.05. The van der Waals surface area contributed by atoms with Gasteiger partial charge in [-0.05, 0) is 23.8 Å². The van der Waals surface area contributed by atoms with Crippen LogP contribution in [0.3, 0.4) is 0 Å². The predicted octanol–water partition coefficient (Wildman–Crippen LogP) is 2.52. The number of amides is 1. The van der Waals surface area contributed by atoms with Crippen molar-refractivity contribution >= 4 is 28.4 Å². The van der Waals surface area contributed by atoms with Crippen LogP contribution in [-0.4, -0.2) is 15.5 Å². The summed E-state index contributed by atoms with van der Waals surface area (Å²) in [6.07, 6.45) is 0. The zero-order valence-electron chi connectivity index (χ0n) is 12.4. The number of aromatic nitrogens is 2. The van der Waals surface area contributed by atoms with Crippen LogP contribution in [0.1, 0.15) is 16.2 Å². The van der Waals surface area contributed by atoms with Crippen molar-refractivity contribution in [2.45, 2.75) is 6.54 Å². The predicted molar refractivity (Wildman–Crippen MR) is 89.6 cm³/mol. The summed E-state index contributed by atoms with van der Waals surface area (Å²) < 4.78 is 1.25. The van der Waals surface area contributed by atoms with Gasteiger partial charge in [0.25, 0.3) is 11.5 Å². The lowest BCUT2D eigenvalue weighted by molar-refractivity contribution is 0.0936. The minimum atomic E-state index is -0.421. The van der Waals surface area contributed by atoms with Crippen molar-refractivity contribution in [2.24, 2.45) is 7.05 Å². The maximum absolute atomic E-state index is 12.4. The van der Waals surface area contributed by atoms with Gasteiger partial charge < -0.3 is 5.32 Å². The molecule has 0 spiro atoms. The molecule has 116 valence electrons. The molecule has 5 nitrogen and oxygen atoms in total. The molecule has 0 saturated carbocycles. The number of hydrogen-bond donors (Lipinski definition) is 1. The normalized spacial score (nSPS) is 10.7. The van der Waals surface area contributed by atoms with Crippen molar-refractivity contribution in [1.82, 2.24) is 14.9 Å². The third kappa shape index (κ3) is 2.96. The van der Waals surface area contributed by atoms with Crippen LogP contribution in [-0.2, 0) is 13.6 Å². The molecule has 0 unspecified atom stereocenters. The molecule has 0 atom stereocenters. The number of rotatable bonds is 3. The summed E-state index contributed by atoms with van der Waals surface area (Å²) >= 11 is 6.07. The first kappa shape index (κ1) is 15.2. The molecule has 0 saturated heterocycles. The van der Waals surface area contributed by atoms with Crippen LogP contribution in [0.2, 0.25) is 5.02 Å². The molecule has 1 aromatic heterocycles. The maximum Gasteiger partial charge on any atom is 0.287 e. The third-order valence-electron chi connectivity index (χ3n) is 3.58. The molecule has 2 aromatic carbocycles. The Kier molecular flexibility index (Phi) is 4.12. The van der Waals surface area contributed by atoms with Crippen LogP contribution >= 0.6 is 11.6 Å². The molecule has 23 heavy (non-hydrogen) atoms. The van der Waals surface area contributed by atoms with E-state index in [2.05, 4.69) is 10.3 Å². The highest BCUT2D eigenvalue weighted by molar-refractivity contribution is 6.31. The zero-order chi connectivity index (χ0) is 16.4. The van der Waals surface area contributed by atoms with Gasteiger partial charge in [-0.3, -0.25) is 14.2 Å². The third-order valence-corrected chi connectivity index (χ3v) is 3.95. The van der Waals surface area contributed by atoms with Crippen LogP contribution in [0.5, 0.6) is 0 Å². The standard InChI is InChI=1S/C17H14ClN3O2/c1-21-15(20-14-9-5-3-7-12(14)17(21)23)16(22)19-10-11-6-2-4-8-13(11)18/h2-9H,10H2,1H3,(H,19,22). The summed E-state index contributed by atoms with van der Waals surface area (Å²) in [5, 5.41) is 3.80. The zero-order valence-corrected chi connectivity index (χ0v) is 13.2. The van der Waals surface area contributed by atoms with Crippen molar-refractivity contribution in [3.8, 4) is 0 Å². The summed E-state index contributed by atoms with van der Waals surface area (Å²) in [6.45, 7) is 0.265. The Bertz CT molecular complexity index is 950. The molecule has 0 bridgehead atoms. The molecule has 1 heterocycles. The number of fused-ring (bicyclic) bond motifs is 1. The fourth-order valence-corrected chi connectivity index (χ4v) is 2.52. The molecule has 3 rings (SSSR count). The topological polar surface area (TPSA) is 64.0 Å². The Morgan fingerprint density at radius 3 is 2.65 bits per heavy atom. The van der Waals surface area contributed by atoms with Gasteiger partial charge in [0.15, 0.2) is 0 Å². The SMILES string of the molecule is Cn1c(C(=O)NCc2ccccc2Cl)nc2ccccc2c1=O. The Morgan fingerprint density at radius 2 is 1.87 bits per heavy atom. The molecule has 3 aromatic rings. The lowest BCUT2D eigenvalue weighted by atomic mass is 10.2. The van der Waals surface area contributed by atoms with E-state index >= 15 is 0 Å². The van der Waals surface area contributed by atoms with E-state index in [-0.39, 0.29) is 17.9 Å². The Labute approximate surface area is 137 Å². The fraction of sp³-hybridized carbons (Fsp3) is 0.118. The second kappa shape index (κ2) is 6.22. The quantitative estimate of drug-likeness (QED) is 0.804. The molecular formula is C17H14ClN3O2. The van der Waals surface area contributed by atoms with Gasteiger partial charge in [0.05, 0.1) is 10.9 Å². The molecule has 0 aliphatic rings. The lowest BCUT2D eigenvalue weighted by Crippen LogP contribution is -2.32. The number of para-hydroxylation sites is 1. The molecule has 1 amide bonds. The summed E-state index contributed by atoms with van der Waals surface area (Å²) in [5.74, 6) is -0.351. The van der Waals surface area contributed by atoms with Crippen LogP contribution in [0.15, 0.2) is 53.3 Å². The number of carbonyl (C=O) groups excluding carboxylic acids is 1. The molecule has 0 aliphatic heterocycles. The maximum atomic E-state index is 12.4. The van der Waals surface area contributed by atoms with E-state index in [1.807, 2.05) is 18.2 Å². The van der Waals surface area contributed by atoms with E-state index in [0.29, 0.717) is 15.9 Å². The second-order valence-corrected chi connectivity index (χ2v) is 5.50. The van der Waals surface area contributed by atoms with Crippen molar-refractivity contribution in [3.05, 3.63) is 75.3 Å². The number of hydrogen-bond acceptors (Lipinski definition) is 3. The van der Waals surface area contributed by atoms with Gasteiger partial charge in [0.2, 0.25) is 5.82 Å². The van der Waals surface area contributed by atoms with E-state index in [0.717, 1.165) is 5.56 Å². The summed E-state index contributed by atoms with van der Waals surface area (Å²) in [6, 6.07) is 14.2. The van der Waals surface area contributed by atoms with Crippen molar-refractivity contribution in [2.75, 3.05) is 0 Å². The molecule has 1 N–H and O–H groups in total. The molecule has 0 radical (unpaired) electrons. The van der Waals surface area contributed by atoms with E-state index in [4.69, 9.17) is 11.6 Å². The van der Waals surface area contributed by atoms with Crippen molar-refractivity contribution in [3.63, 3.8) is 0 Å². The lowest BCUT2D eigenvalue weighted by Gasteiger charge is -2.10. The number of nitrogens with zero attached hydrogens (tertiary/aromatic N) is 2. The number of carbonyl (C=O) groups is 1. The highest BCUT2D eigenvalue weighted by atomic mass is 35.5.